The number of para-hydroxylation sites is 2. The number of thiocarbonyl (C=S) groups is 2. The van der Waals surface area contributed by atoms with Gasteiger partial charge in [0.25, 0.3) is 11.8 Å². The van der Waals surface area contributed by atoms with E-state index in [0.29, 0.717) is 0 Å². The largest absolute Gasteiger partial charge is 0.418 e. The van der Waals surface area contributed by atoms with Gasteiger partial charge in [-0.3, -0.25) is 29.0 Å². The molecule has 0 aromatic heterocycles. The van der Waals surface area contributed by atoms with Crippen LogP contribution in [0, 0.1) is 0 Å². The lowest BCUT2D eigenvalue weighted by molar-refractivity contribution is -0.138. The Morgan fingerprint density at radius 1 is 0.652 bits per heavy atom. The summed E-state index contributed by atoms with van der Waals surface area (Å²) in [6.07, 6.45) is -9.61. The zero-order chi connectivity index (χ0) is 33.8. The van der Waals surface area contributed by atoms with Crippen LogP contribution in [-0.4, -0.2) is 55.2 Å². The Balaban J connectivity index is 1.30. The first-order valence-corrected chi connectivity index (χ1v) is 15.8. The molecule has 46 heavy (non-hydrogen) atoms. The summed E-state index contributed by atoms with van der Waals surface area (Å²) in [7, 11) is 0. The number of hydrogen-bond donors (Lipinski definition) is 2. The molecule has 2 aliphatic rings. The van der Waals surface area contributed by atoms with Gasteiger partial charge in [0, 0.05) is 25.9 Å². The van der Waals surface area contributed by atoms with Crippen molar-refractivity contribution in [1.82, 2.24) is 9.80 Å². The molecule has 18 heteroatoms. The van der Waals surface area contributed by atoms with Gasteiger partial charge in [-0.1, -0.05) is 72.2 Å². The minimum absolute atomic E-state index is 0.0231. The summed E-state index contributed by atoms with van der Waals surface area (Å²) in [5.74, 6) is -2.58. The molecule has 2 aromatic rings. The summed E-state index contributed by atoms with van der Waals surface area (Å²) in [6.45, 7) is -0.0647. The van der Waals surface area contributed by atoms with E-state index in [1.807, 2.05) is 0 Å². The second-order valence-electron chi connectivity index (χ2n) is 9.70. The predicted octanol–water partition coefficient (Wildman–Crippen LogP) is 6.79. The van der Waals surface area contributed by atoms with E-state index in [-0.39, 0.29) is 68.6 Å². The number of nitrogens with zero attached hydrogens (tertiary/aromatic N) is 2. The first kappa shape index (κ1) is 35.4. The van der Waals surface area contributed by atoms with Crippen molar-refractivity contribution in [2.75, 3.05) is 23.7 Å². The summed E-state index contributed by atoms with van der Waals surface area (Å²) in [5.41, 5.74) is -2.76. The molecule has 2 saturated heterocycles. The van der Waals surface area contributed by atoms with Gasteiger partial charge in [0.05, 0.1) is 32.3 Å². The summed E-state index contributed by atoms with van der Waals surface area (Å²) in [5, 5.41) is 4.46. The third kappa shape index (κ3) is 8.45. The van der Waals surface area contributed by atoms with Crippen molar-refractivity contribution in [1.29, 1.82) is 0 Å². The van der Waals surface area contributed by atoms with Gasteiger partial charge in [-0.05, 0) is 37.1 Å². The Morgan fingerprint density at radius 2 is 1.00 bits per heavy atom. The van der Waals surface area contributed by atoms with Gasteiger partial charge in [0.1, 0.15) is 8.64 Å². The minimum atomic E-state index is -4.66. The Hall–Kier alpha value is -3.48. The first-order valence-electron chi connectivity index (χ1n) is 13.3. The number of rotatable bonds is 10. The zero-order valence-corrected chi connectivity index (χ0v) is 26.6. The average Bonchev–Trinajstić information content (AvgIpc) is 3.41. The van der Waals surface area contributed by atoms with E-state index in [0.717, 1.165) is 47.8 Å². The fraction of sp³-hybridized carbons (Fsp3) is 0.286. The van der Waals surface area contributed by atoms with Gasteiger partial charge < -0.3 is 10.6 Å². The zero-order valence-electron chi connectivity index (χ0n) is 23.3. The monoisotopic (exact) mass is 720 g/mol. The highest BCUT2D eigenvalue weighted by atomic mass is 32.2. The molecular weight excluding hydrogens is 699 g/mol. The maximum absolute atomic E-state index is 13.2. The number of carbonyl (C=O) groups is 4. The van der Waals surface area contributed by atoms with Crippen LogP contribution in [0.2, 0.25) is 0 Å². The number of amides is 4. The molecule has 4 amide bonds. The number of benzene rings is 2. The number of nitrogens with one attached hydrogen (secondary N) is 2. The van der Waals surface area contributed by atoms with Gasteiger partial charge in [0.15, 0.2) is 0 Å². The maximum Gasteiger partial charge on any atom is 0.418 e. The third-order valence-corrected chi connectivity index (χ3v) is 9.51. The molecule has 244 valence electrons. The SMILES string of the molecule is O=C(CCCN1C(=O)/C(=C2\SC(=S)N(CCCC(=O)Nc3ccccc3C(F)(F)F)C2=O)SC1=S)Nc1ccccc1C(F)(F)F. The van der Waals surface area contributed by atoms with E-state index < -0.39 is 47.1 Å². The molecule has 2 N–H and O–H groups in total. The number of carbonyl (C=O) groups excluding carboxylic acids is 4. The quantitative estimate of drug-likeness (QED) is 0.157. The second-order valence-corrected chi connectivity index (χ2v) is 13.0. The lowest BCUT2D eigenvalue weighted by atomic mass is 10.1. The molecule has 0 saturated carbocycles. The van der Waals surface area contributed by atoms with Crippen molar-refractivity contribution < 1.29 is 45.5 Å². The fourth-order valence-electron chi connectivity index (χ4n) is 4.36. The van der Waals surface area contributed by atoms with E-state index >= 15 is 0 Å². The van der Waals surface area contributed by atoms with Crippen molar-refractivity contribution in [3.8, 4) is 0 Å². The van der Waals surface area contributed by atoms with Crippen molar-refractivity contribution in [3.05, 3.63) is 69.5 Å². The minimum Gasteiger partial charge on any atom is -0.326 e. The lowest BCUT2D eigenvalue weighted by Crippen LogP contribution is -2.31. The molecule has 0 aliphatic carbocycles. The van der Waals surface area contributed by atoms with Crippen LogP contribution in [0.1, 0.15) is 36.8 Å². The third-order valence-electron chi connectivity index (χ3n) is 6.49. The van der Waals surface area contributed by atoms with E-state index in [4.69, 9.17) is 24.4 Å². The molecule has 0 unspecified atom stereocenters. The Bertz CT molecular complexity index is 1510. The summed E-state index contributed by atoms with van der Waals surface area (Å²) < 4.78 is 79.4. The molecule has 2 aromatic carbocycles. The van der Waals surface area contributed by atoms with Gasteiger partial charge in [-0.25, -0.2) is 0 Å². The van der Waals surface area contributed by atoms with Gasteiger partial charge in [-0.2, -0.15) is 26.3 Å². The van der Waals surface area contributed by atoms with Crippen LogP contribution in [0.5, 0.6) is 0 Å². The first-order chi connectivity index (χ1) is 21.6. The topological polar surface area (TPSA) is 98.8 Å². The second kappa shape index (κ2) is 14.5. The van der Waals surface area contributed by atoms with Crippen LogP contribution in [0.15, 0.2) is 58.3 Å². The van der Waals surface area contributed by atoms with Gasteiger partial charge in [0.2, 0.25) is 11.8 Å². The molecule has 2 aliphatic heterocycles. The fourth-order valence-corrected chi connectivity index (χ4v) is 7.13. The van der Waals surface area contributed by atoms with Crippen LogP contribution in [0.25, 0.3) is 0 Å². The normalized spacial score (nSPS) is 17.3. The number of alkyl halides is 6. The molecule has 4 rings (SSSR count). The molecule has 0 bridgehead atoms. The number of anilines is 2. The van der Waals surface area contributed by atoms with Crippen LogP contribution < -0.4 is 10.6 Å². The number of halogens is 6. The van der Waals surface area contributed by atoms with E-state index in [1.165, 1.54) is 34.1 Å². The average molecular weight is 721 g/mol. The standard InChI is InChI=1S/C28H22F6N4O4S4/c29-27(30,31)15-7-1-3-9-17(15)35-19(39)11-5-13-37-23(41)21(45-25(37)43)22-24(42)38(26(44)46-22)14-6-12-20(40)36-18-10-4-2-8-16(18)28(32,33)34/h1-4,7-10H,5-6,11-14H2,(H,35,39)(H,36,40)/b22-21+. The van der Waals surface area contributed by atoms with E-state index in [9.17, 15) is 45.5 Å². The predicted molar refractivity (Wildman–Crippen MR) is 169 cm³/mol. The summed E-state index contributed by atoms with van der Waals surface area (Å²) >= 11 is 12.3. The highest BCUT2D eigenvalue weighted by Gasteiger charge is 2.42. The van der Waals surface area contributed by atoms with Crippen molar-refractivity contribution in [2.45, 2.75) is 38.0 Å². The molecule has 2 fully saturated rings. The van der Waals surface area contributed by atoms with E-state index in [2.05, 4.69) is 10.6 Å². The van der Waals surface area contributed by atoms with Gasteiger partial charge >= 0.3 is 12.4 Å². The molecular formula is C28H22F6N4O4S4. The van der Waals surface area contributed by atoms with Crippen LogP contribution in [0.4, 0.5) is 37.7 Å². The lowest BCUT2D eigenvalue weighted by Gasteiger charge is -2.16. The van der Waals surface area contributed by atoms with Crippen molar-refractivity contribution in [3.63, 3.8) is 0 Å². The molecule has 0 spiro atoms. The smallest absolute Gasteiger partial charge is 0.326 e. The highest BCUT2D eigenvalue weighted by Crippen LogP contribution is 2.42. The van der Waals surface area contributed by atoms with Crippen molar-refractivity contribution >= 4 is 91.6 Å². The Kier molecular flexibility index (Phi) is 11.2. The van der Waals surface area contributed by atoms with Gasteiger partial charge in [-0.15, -0.1) is 0 Å². The Labute approximate surface area is 277 Å². The van der Waals surface area contributed by atoms with Crippen molar-refractivity contribution in [2.24, 2.45) is 0 Å². The molecule has 0 radical (unpaired) electrons. The number of hydrogen-bond acceptors (Lipinski definition) is 8. The summed E-state index contributed by atoms with van der Waals surface area (Å²) in [4.78, 5) is 53.3. The highest BCUT2D eigenvalue weighted by molar-refractivity contribution is 8.29. The molecule has 2 heterocycles. The molecule has 8 nitrogen and oxygen atoms in total. The molecule has 0 atom stereocenters. The Morgan fingerprint density at radius 3 is 1.35 bits per heavy atom. The maximum atomic E-state index is 13.2. The van der Waals surface area contributed by atoms with E-state index in [1.54, 1.807) is 0 Å². The van der Waals surface area contributed by atoms with Crippen LogP contribution in [0.3, 0.4) is 0 Å². The van der Waals surface area contributed by atoms with Crippen LogP contribution in [-0.2, 0) is 31.5 Å². The summed E-state index contributed by atoms with van der Waals surface area (Å²) in [6, 6.07) is 9.06. The van der Waals surface area contributed by atoms with Crippen LogP contribution >= 0.6 is 48.0 Å². The number of thioether (sulfide) groups is 2.